The zero-order chi connectivity index (χ0) is 22.3. The van der Waals surface area contributed by atoms with Crippen molar-refractivity contribution >= 4 is 27.6 Å². The van der Waals surface area contributed by atoms with E-state index < -0.39 is 21.9 Å². The number of ether oxygens (including phenoxy) is 3. The van der Waals surface area contributed by atoms with Crippen LogP contribution in [-0.4, -0.2) is 59.0 Å². The van der Waals surface area contributed by atoms with E-state index in [0.717, 1.165) is 4.31 Å². The number of carbonyl (C=O) groups is 2. The van der Waals surface area contributed by atoms with Crippen LogP contribution < -0.4 is 14.8 Å². The van der Waals surface area contributed by atoms with E-state index in [1.807, 2.05) is 0 Å². The standard InChI is InChI=1S/C20H24N2O7S/c1-5-28-19(23)13-29-16-8-6-7-15(12-16)21-20(24)14-9-10-17(27-4)18(11-14)30(25,26)22(2)3/h6-12H,5,13H2,1-4H3,(H,21,24). The Morgan fingerprint density at radius 3 is 2.47 bits per heavy atom. The molecule has 0 unspecified atom stereocenters. The summed E-state index contributed by atoms with van der Waals surface area (Å²) in [6, 6.07) is 10.6. The van der Waals surface area contributed by atoms with Crippen molar-refractivity contribution < 1.29 is 32.2 Å². The average Bonchev–Trinajstić information content (AvgIpc) is 2.72. The van der Waals surface area contributed by atoms with Gasteiger partial charge in [-0.3, -0.25) is 4.79 Å². The Morgan fingerprint density at radius 1 is 1.10 bits per heavy atom. The Morgan fingerprint density at radius 2 is 1.83 bits per heavy atom. The molecule has 2 rings (SSSR count). The summed E-state index contributed by atoms with van der Waals surface area (Å²) in [6.07, 6.45) is 0. The molecule has 0 aliphatic rings. The van der Waals surface area contributed by atoms with E-state index in [4.69, 9.17) is 14.2 Å². The molecule has 0 bridgehead atoms. The summed E-state index contributed by atoms with van der Waals surface area (Å²) in [5.74, 6) is -0.517. The van der Waals surface area contributed by atoms with Crippen molar-refractivity contribution in [3.8, 4) is 11.5 Å². The number of carbonyl (C=O) groups excluding carboxylic acids is 2. The first-order valence-electron chi connectivity index (χ1n) is 8.99. The molecule has 0 saturated carbocycles. The van der Waals surface area contributed by atoms with Gasteiger partial charge in [0.15, 0.2) is 6.61 Å². The lowest BCUT2D eigenvalue weighted by Gasteiger charge is -2.15. The molecule has 0 aromatic heterocycles. The average molecular weight is 436 g/mol. The molecule has 0 saturated heterocycles. The van der Waals surface area contributed by atoms with E-state index in [2.05, 4.69) is 5.32 Å². The predicted octanol–water partition coefficient (Wildman–Crippen LogP) is 2.14. The number of amides is 1. The maximum absolute atomic E-state index is 12.7. The van der Waals surface area contributed by atoms with Crippen LogP contribution in [0.5, 0.6) is 11.5 Å². The first-order chi connectivity index (χ1) is 14.2. The van der Waals surface area contributed by atoms with Gasteiger partial charge in [0.1, 0.15) is 16.4 Å². The van der Waals surface area contributed by atoms with Crippen molar-refractivity contribution in [2.45, 2.75) is 11.8 Å². The normalized spacial score (nSPS) is 11.1. The van der Waals surface area contributed by atoms with Crippen LogP contribution in [0, 0.1) is 0 Å². The summed E-state index contributed by atoms with van der Waals surface area (Å²) < 4.78 is 41.3. The van der Waals surface area contributed by atoms with Crippen molar-refractivity contribution in [2.24, 2.45) is 0 Å². The number of nitrogens with zero attached hydrogens (tertiary/aromatic N) is 1. The highest BCUT2D eigenvalue weighted by Crippen LogP contribution is 2.27. The van der Waals surface area contributed by atoms with Crippen molar-refractivity contribution in [3.63, 3.8) is 0 Å². The van der Waals surface area contributed by atoms with Gasteiger partial charge in [-0.25, -0.2) is 17.5 Å². The second-order valence-electron chi connectivity index (χ2n) is 6.23. The first-order valence-corrected chi connectivity index (χ1v) is 10.4. The lowest BCUT2D eigenvalue weighted by Crippen LogP contribution is -2.23. The second kappa shape index (κ2) is 10.1. The van der Waals surface area contributed by atoms with E-state index >= 15 is 0 Å². The summed E-state index contributed by atoms with van der Waals surface area (Å²) >= 11 is 0. The number of hydrogen-bond donors (Lipinski definition) is 1. The lowest BCUT2D eigenvalue weighted by molar-refractivity contribution is -0.145. The highest BCUT2D eigenvalue weighted by molar-refractivity contribution is 7.89. The van der Waals surface area contributed by atoms with Crippen molar-refractivity contribution in [2.75, 3.05) is 39.7 Å². The third-order valence-corrected chi connectivity index (χ3v) is 5.77. The Hall–Kier alpha value is -3.11. The Kier molecular flexibility index (Phi) is 7.79. The third kappa shape index (κ3) is 5.71. The van der Waals surface area contributed by atoms with E-state index in [9.17, 15) is 18.0 Å². The lowest BCUT2D eigenvalue weighted by atomic mass is 10.2. The van der Waals surface area contributed by atoms with E-state index in [-0.39, 0.29) is 29.4 Å². The summed E-state index contributed by atoms with van der Waals surface area (Å²) in [6.45, 7) is 1.70. The minimum atomic E-state index is -3.81. The minimum absolute atomic E-state index is 0.117. The molecule has 0 atom stereocenters. The zero-order valence-electron chi connectivity index (χ0n) is 17.2. The van der Waals surface area contributed by atoms with E-state index in [1.165, 1.54) is 45.5 Å². The van der Waals surface area contributed by atoms with Crippen LogP contribution in [0.3, 0.4) is 0 Å². The largest absolute Gasteiger partial charge is 0.495 e. The van der Waals surface area contributed by atoms with Gasteiger partial charge in [-0.05, 0) is 37.3 Å². The van der Waals surface area contributed by atoms with Gasteiger partial charge in [-0.2, -0.15) is 0 Å². The molecule has 2 aromatic carbocycles. The molecular weight excluding hydrogens is 412 g/mol. The zero-order valence-corrected chi connectivity index (χ0v) is 18.0. The van der Waals surface area contributed by atoms with Gasteiger partial charge in [-0.15, -0.1) is 0 Å². The van der Waals surface area contributed by atoms with Crippen LogP contribution in [0.15, 0.2) is 47.4 Å². The first kappa shape index (κ1) is 23.2. The molecule has 10 heteroatoms. The van der Waals surface area contributed by atoms with E-state index in [0.29, 0.717) is 11.4 Å². The molecule has 9 nitrogen and oxygen atoms in total. The van der Waals surface area contributed by atoms with Crippen LogP contribution in [-0.2, 0) is 19.6 Å². The van der Waals surface area contributed by atoms with Gasteiger partial charge in [0, 0.05) is 31.4 Å². The van der Waals surface area contributed by atoms with Crippen LogP contribution in [0.25, 0.3) is 0 Å². The number of esters is 1. The third-order valence-electron chi connectivity index (χ3n) is 3.94. The number of methoxy groups -OCH3 is 1. The van der Waals surface area contributed by atoms with E-state index in [1.54, 1.807) is 25.1 Å². The van der Waals surface area contributed by atoms with Crippen molar-refractivity contribution in [1.29, 1.82) is 0 Å². The number of benzene rings is 2. The summed E-state index contributed by atoms with van der Waals surface area (Å²) in [4.78, 5) is 23.9. The van der Waals surface area contributed by atoms with Gasteiger partial charge in [0.2, 0.25) is 10.0 Å². The highest BCUT2D eigenvalue weighted by atomic mass is 32.2. The van der Waals surface area contributed by atoms with Crippen molar-refractivity contribution in [3.05, 3.63) is 48.0 Å². The molecule has 1 amide bonds. The number of hydrogen-bond acceptors (Lipinski definition) is 7. The fourth-order valence-corrected chi connectivity index (χ4v) is 3.50. The van der Waals surface area contributed by atoms with Crippen LogP contribution in [0.4, 0.5) is 5.69 Å². The number of anilines is 1. The smallest absolute Gasteiger partial charge is 0.344 e. The number of rotatable bonds is 9. The highest BCUT2D eigenvalue weighted by Gasteiger charge is 2.24. The monoisotopic (exact) mass is 436 g/mol. The van der Waals surface area contributed by atoms with Gasteiger partial charge in [-0.1, -0.05) is 6.07 Å². The molecule has 0 aliphatic heterocycles. The number of sulfonamides is 1. The summed E-state index contributed by atoms with van der Waals surface area (Å²) in [7, 11) is 0.326. The SMILES string of the molecule is CCOC(=O)COc1cccc(NC(=O)c2ccc(OC)c(S(=O)(=O)N(C)C)c2)c1. The second-order valence-corrected chi connectivity index (χ2v) is 8.35. The predicted molar refractivity (Wildman–Crippen MR) is 110 cm³/mol. The minimum Gasteiger partial charge on any atom is -0.495 e. The number of nitrogens with one attached hydrogen (secondary N) is 1. The molecule has 0 spiro atoms. The Balaban J connectivity index is 2.20. The molecule has 2 aromatic rings. The fraction of sp³-hybridized carbons (Fsp3) is 0.300. The van der Waals surface area contributed by atoms with Crippen LogP contribution in [0.1, 0.15) is 17.3 Å². The van der Waals surface area contributed by atoms with Gasteiger partial charge < -0.3 is 19.5 Å². The molecule has 162 valence electrons. The Labute approximate surface area is 175 Å². The Bertz CT molecular complexity index is 1020. The maximum Gasteiger partial charge on any atom is 0.344 e. The molecule has 0 fully saturated rings. The molecule has 1 N–H and O–H groups in total. The molecular formula is C20H24N2O7S. The topological polar surface area (TPSA) is 111 Å². The van der Waals surface area contributed by atoms with Gasteiger partial charge in [0.05, 0.1) is 13.7 Å². The van der Waals surface area contributed by atoms with Gasteiger partial charge >= 0.3 is 5.97 Å². The molecule has 30 heavy (non-hydrogen) atoms. The maximum atomic E-state index is 12.7. The summed E-state index contributed by atoms with van der Waals surface area (Å²) in [5.41, 5.74) is 0.545. The summed E-state index contributed by atoms with van der Waals surface area (Å²) in [5, 5.41) is 2.67. The fourth-order valence-electron chi connectivity index (χ4n) is 2.43. The van der Waals surface area contributed by atoms with Gasteiger partial charge in [0.25, 0.3) is 5.91 Å². The molecule has 0 aliphatic carbocycles. The van der Waals surface area contributed by atoms with Crippen LogP contribution >= 0.6 is 0 Å². The van der Waals surface area contributed by atoms with Crippen molar-refractivity contribution in [1.82, 2.24) is 4.31 Å². The molecule has 0 heterocycles. The van der Waals surface area contributed by atoms with Crippen LogP contribution in [0.2, 0.25) is 0 Å². The quantitative estimate of drug-likeness (QED) is 0.600. The molecule has 0 radical (unpaired) electrons.